The number of hydrogen-bond donors (Lipinski definition) is 1. The minimum atomic E-state index is -0.782. The summed E-state index contributed by atoms with van der Waals surface area (Å²) in [7, 11) is 1.26. The van der Waals surface area contributed by atoms with Crippen LogP contribution < -0.4 is 5.32 Å². The van der Waals surface area contributed by atoms with Crippen molar-refractivity contribution in [3.63, 3.8) is 0 Å². The summed E-state index contributed by atoms with van der Waals surface area (Å²) >= 11 is 0. The SMILES string of the molecule is CC[C@@H](C)[C@H](NC(=O)COC(=O)c1cc(C)nc2ccccc12)C(=O)OC. The molecule has 0 bridgehead atoms. The zero-order valence-corrected chi connectivity index (χ0v) is 15.9. The molecule has 2 aromatic rings. The van der Waals surface area contributed by atoms with Crippen molar-refractivity contribution in [3.05, 3.63) is 41.6 Å². The Morgan fingerprint density at radius 1 is 1.22 bits per heavy atom. The number of ether oxygens (including phenoxy) is 2. The molecule has 2 atom stereocenters. The second-order valence-corrected chi connectivity index (χ2v) is 6.36. The van der Waals surface area contributed by atoms with Gasteiger partial charge in [-0.25, -0.2) is 9.59 Å². The maximum absolute atomic E-state index is 12.5. The molecule has 2 rings (SSSR count). The van der Waals surface area contributed by atoms with E-state index in [4.69, 9.17) is 9.47 Å². The molecule has 0 unspecified atom stereocenters. The third-order valence-corrected chi connectivity index (χ3v) is 4.38. The van der Waals surface area contributed by atoms with Gasteiger partial charge in [0.25, 0.3) is 5.91 Å². The van der Waals surface area contributed by atoms with Crippen LogP contribution in [0.3, 0.4) is 0 Å². The lowest BCUT2D eigenvalue weighted by Crippen LogP contribution is -2.47. The second-order valence-electron chi connectivity index (χ2n) is 6.36. The van der Waals surface area contributed by atoms with Gasteiger partial charge < -0.3 is 14.8 Å². The number of methoxy groups -OCH3 is 1. The lowest BCUT2D eigenvalue weighted by Gasteiger charge is -2.21. The van der Waals surface area contributed by atoms with E-state index < -0.39 is 30.5 Å². The minimum absolute atomic E-state index is 0.108. The third-order valence-electron chi connectivity index (χ3n) is 4.38. The fourth-order valence-electron chi connectivity index (χ4n) is 2.70. The standard InChI is InChI=1S/C20H24N2O5/c1-5-12(2)18(20(25)26-4)22-17(23)11-27-19(24)15-10-13(3)21-16-9-7-6-8-14(15)16/h6-10,12,18H,5,11H2,1-4H3,(H,22,23)/t12-,18+/m1/s1. The Kier molecular flexibility index (Phi) is 6.87. The molecular formula is C20H24N2O5. The van der Waals surface area contributed by atoms with E-state index in [1.54, 1.807) is 31.2 Å². The Hall–Kier alpha value is -2.96. The van der Waals surface area contributed by atoms with Gasteiger partial charge in [0.1, 0.15) is 6.04 Å². The number of amides is 1. The van der Waals surface area contributed by atoms with Gasteiger partial charge in [-0.05, 0) is 25.0 Å². The van der Waals surface area contributed by atoms with E-state index in [-0.39, 0.29) is 5.92 Å². The van der Waals surface area contributed by atoms with Crippen LogP contribution in [0, 0.1) is 12.8 Å². The molecule has 7 nitrogen and oxygen atoms in total. The normalized spacial score (nSPS) is 12.9. The minimum Gasteiger partial charge on any atom is -0.467 e. The summed E-state index contributed by atoms with van der Waals surface area (Å²) in [6.45, 7) is 5.03. The van der Waals surface area contributed by atoms with E-state index in [2.05, 4.69) is 10.3 Å². The van der Waals surface area contributed by atoms with Crippen LogP contribution >= 0.6 is 0 Å². The van der Waals surface area contributed by atoms with Gasteiger partial charge in [0, 0.05) is 11.1 Å². The smallest absolute Gasteiger partial charge is 0.339 e. The molecule has 144 valence electrons. The first kappa shape index (κ1) is 20.4. The molecule has 0 fully saturated rings. The predicted molar refractivity (Wildman–Crippen MR) is 100 cm³/mol. The molecule has 0 radical (unpaired) electrons. The lowest BCUT2D eigenvalue weighted by molar-refractivity contribution is -0.147. The van der Waals surface area contributed by atoms with Crippen LogP contribution in [-0.2, 0) is 19.1 Å². The molecule has 0 aliphatic rings. The van der Waals surface area contributed by atoms with E-state index in [1.807, 2.05) is 19.9 Å². The third kappa shape index (κ3) is 5.03. The van der Waals surface area contributed by atoms with E-state index in [9.17, 15) is 14.4 Å². The van der Waals surface area contributed by atoms with Crippen LogP contribution in [0.1, 0.15) is 36.3 Å². The zero-order valence-electron chi connectivity index (χ0n) is 15.9. The number of fused-ring (bicyclic) bond motifs is 1. The van der Waals surface area contributed by atoms with Crippen LogP contribution in [0.5, 0.6) is 0 Å². The molecule has 0 spiro atoms. The van der Waals surface area contributed by atoms with Crippen molar-refractivity contribution in [2.45, 2.75) is 33.2 Å². The summed E-state index contributed by atoms with van der Waals surface area (Å²) < 4.78 is 9.87. The number of pyridine rings is 1. The molecule has 1 aromatic heterocycles. The van der Waals surface area contributed by atoms with Crippen LogP contribution in [0.25, 0.3) is 10.9 Å². The molecule has 7 heteroatoms. The van der Waals surface area contributed by atoms with Gasteiger partial charge in [-0.3, -0.25) is 9.78 Å². The first-order valence-corrected chi connectivity index (χ1v) is 8.78. The average molecular weight is 372 g/mol. The molecule has 27 heavy (non-hydrogen) atoms. The van der Waals surface area contributed by atoms with Crippen molar-refractivity contribution in [1.82, 2.24) is 10.3 Å². The van der Waals surface area contributed by atoms with Crippen molar-refractivity contribution < 1.29 is 23.9 Å². The van der Waals surface area contributed by atoms with Gasteiger partial charge in [-0.2, -0.15) is 0 Å². The van der Waals surface area contributed by atoms with Gasteiger partial charge in [0.05, 0.1) is 18.2 Å². The highest BCUT2D eigenvalue weighted by Gasteiger charge is 2.27. The number of benzene rings is 1. The van der Waals surface area contributed by atoms with Gasteiger partial charge in [-0.15, -0.1) is 0 Å². The number of nitrogens with zero attached hydrogens (tertiary/aromatic N) is 1. The fraction of sp³-hybridized carbons (Fsp3) is 0.400. The maximum Gasteiger partial charge on any atom is 0.339 e. The van der Waals surface area contributed by atoms with Crippen LogP contribution in [0.15, 0.2) is 30.3 Å². The Morgan fingerprint density at radius 3 is 2.59 bits per heavy atom. The topological polar surface area (TPSA) is 94.6 Å². The summed E-state index contributed by atoms with van der Waals surface area (Å²) in [5, 5.41) is 3.22. The average Bonchev–Trinajstić information content (AvgIpc) is 2.68. The Bertz CT molecular complexity index is 849. The molecule has 0 aliphatic heterocycles. The maximum atomic E-state index is 12.5. The molecule has 1 amide bonds. The monoisotopic (exact) mass is 372 g/mol. The Labute approximate surface area is 158 Å². The van der Waals surface area contributed by atoms with Gasteiger partial charge >= 0.3 is 11.9 Å². The number of para-hydroxylation sites is 1. The van der Waals surface area contributed by atoms with Crippen molar-refractivity contribution >= 4 is 28.7 Å². The van der Waals surface area contributed by atoms with Crippen LogP contribution in [0.2, 0.25) is 0 Å². The number of aryl methyl sites for hydroxylation is 1. The predicted octanol–water partition coefficient (Wildman–Crippen LogP) is 2.40. The van der Waals surface area contributed by atoms with Crippen molar-refractivity contribution in [2.24, 2.45) is 5.92 Å². The largest absolute Gasteiger partial charge is 0.467 e. The highest BCUT2D eigenvalue weighted by Crippen LogP contribution is 2.19. The van der Waals surface area contributed by atoms with Crippen molar-refractivity contribution in [2.75, 3.05) is 13.7 Å². The zero-order chi connectivity index (χ0) is 20.0. The van der Waals surface area contributed by atoms with E-state index in [0.29, 0.717) is 28.6 Å². The van der Waals surface area contributed by atoms with Crippen molar-refractivity contribution in [1.29, 1.82) is 0 Å². The quantitative estimate of drug-likeness (QED) is 0.750. The van der Waals surface area contributed by atoms with E-state index >= 15 is 0 Å². The molecule has 0 saturated carbocycles. The molecule has 0 saturated heterocycles. The molecule has 0 aliphatic carbocycles. The van der Waals surface area contributed by atoms with Gasteiger partial charge in [0.15, 0.2) is 6.61 Å². The van der Waals surface area contributed by atoms with Crippen LogP contribution in [-0.4, -0.2) is 42.6 Å². The first-order chi connectivity index (χ1) is 12.9. The number of carbonyl (C=O) groups excluding carboxylic acids is 3. The highest BCUT2D eigenvalue weighted by molar-refractivity contribution is 6.04. The summed E-state index contributed by atoms with van der Waals surface area (Å²) in [6.07, 6.45) is 0.683. The number of esters is 2. The van der Waals surface area contributed by atoms with Crippen LogP contribution in [0.4, 0.5) is 0 Å². The second kappa shape index (κ2) is 9.12. The Morgan fingerprint density at radius 2 is 1.93 bits per heavy atom. The molecule has 1 heterocycles. The fourth-order valence-corrected chi connectivity index (χ4v) is 2.70. The number of rotatable bonds is 7. The van der Waals surface area contributed by atoms with Gasteiger partial charge in [0.2, 0.25) is 0 Å². The Balaban J connectivity index is 2.07. The number of hydrogen-bond acceptors (Lipinski definition) is 6. The van der Waals surface area contributed by atoms with Crippen molar-refractivity contribution in [3.8, 4) is 0 Å². The van der Waals surface area contributed by atoms with E-state index in [1.165, 1.54) is 7.11 Å². The summed E-state index contributed by atoms with van der Waals surface area (Å²) in [6, 6.07) is 8.05. The number of carbonyl (C=O) groups is 3. The van der Waals surface area contributed by atoms with Gasteiger partial charge in [-0.1, -0.05) is 38.5 Å². The summed E-state index contributed by atoms with van der Waals surface area (Å²) in [4.78, 5) is 40.8. The number of aromatic nitrogens is 1. The highest BCUT2D eigenvalue weighted by atomic mass is 16.5. The lowest BCUT2D eigenvalue weighted by atomic mass is 9.99. The summed E-state index contributed by atoms with van der Waals surface area (Å²) in [5.41, 5.74) is 1.70. The molecule has 1 N–H and O–H groups in total. The molecular weight excluding hydrogens is 348 g/mol. The summed E-state index contributed by atoms with van der Waals surface area (Å²) in [5.74, 6) is -1.82. The number of nitrogens with one attached hydrogen (secondary N) is 1. The molecule has 1 aromatic carbocycles. The van der Waals surface area contributed by atoms with E-state index in [0.717, 1.165) is 0 Å². The first-order valence-electron chi connectivity index (χ1n) is 8.78.